The molecule has 0 aromatic carbocycles. The first-order chi connectivity index (χ1) is 8.50. The van der Waals surface area contributed by atoms with E-state index in [2.05, 4.69) is 52.0 Å². The van der Waals surface area contributed by atoms with E-state index in [1.54, 1.807) is 11.1 Å². The van der Waals surface area contributed by atoms with Crippen molar-refractivity contribution in [2.75, 3.05) is 0 Å². The Morgan fingerprint density at radius 3 is 2.67 bits per heavy atom. The summed E-state index contributed by atoms with van der Waals surface area (Å²) in [4.78, 5) is 0. The lowest BCUT2D eigenvalue weighted by molar-refractivity contribution is 0.377. The van der Waals surface area contributed by atoms with Crippen molar-refractivity contribution >= 4 is 0 Å². The van der Waals surface area contributed by atoms with Gasteiger partial charge in [-0.2, -0.15) is 0 Å². The third-order valence-corrected chi connectivity index (χ3v) is 4.45. The van der Waals surface area contributed by atoms with Crippen LogP contribution < -0.4 is 0 Å². The summed E-state index contributed by atoms with van der Waals surface area (Å²) in [6, 6.07) is 0. The number of hydrogen-bond donors (Lipinski definition) is 0. The molecule has 0 aromatic heterocycles. The molecule has 0 heterocycles. The Bertz CT molecular complexity index is 439. The van der Waals surface area contributed by atoms with Crippen LogP contribution in [0.4, 0.5) is 0 Å². The second-order valence-corrected chi connectivity index (χ2v) is 6.41. The number of allylic oxidation sites excluding steroid dienone is 8. The zero-order valence-corrected chi connectivity index (χ0v) is 12.3. The summed E-state index contributed by atoms with van der Waals surface area (Å²) < 4.78 is 0. The highest BCUT2D eigenvalue weighted by Crippen LogP contribution is 2.40. The molecule has 0 aliphatic heterocycles. The predicted molar refractivity (Wildman–Crippen MR) is 80.5 cm³/mol. The SMILES string of the molecule is CC(C=CC1=C(C)CCCC1(C)C)=C1C=CCC1. The largest absolute Gasteiger partial charge is 0.0839 e. The molecule has 2 aliphatic rings. The van der Waals surface area contributed by atoms with Crippen LogP contribution >= 0.6 is 0 Å². The van der Waals surface area contributed by atoms with Crippen molar-refractivity contribution in [1.82, 2.24) is 0 Å². The summed E-state index contributed by atoms with van der Waals surface area (Å²) >= 11 is 0. The van der Waals surface area contributed by atoms with E-state index >= 15 is 0 Å². The van der Waals surface area contributed by atoms with Crippen molar-refractivity contribution in [3.8, 4) is 0 Å². The van der Waals surface area contributed by atoms with Crippen LogP contribution in [0.1, 0.15) is 59.8 Å². The van der Waals surface area contributed by atoms with Crippen molar-refractivity contribution in [3.05, 3.63) is 46.6 Å². The molecule has 0 nitrogen and oxygen atoms in total. The highest BCUT2D eigenvalue weighted by atomic mass is 14.3. The second-order valence-electron chi connectivity index (χ2n) is 6.41. The van der Waals surface area contributed by atoms with Crippen LogP contribution in [0.25, 0.3) is 0 Å². The lowest BCUT2D eigenvalue weighted by Crippen LogP contribution is -2.19. The van der Waals surface area contributed by atoms with Crippen molar-refractivity contribution in [3.63, 3.8) is 0 Å². The fourth-order valence-corrected chi connectivity index (χ4v) is 3.20. The third kappa shape index (κ3) is 2.85. The Hall–Kier alpha value is -1.04. The zero-order chi connectivity index (χ0) is 13.2. The van der Waals surface area contributed by atoms with Crippen LogP contribution in [0.5, 0.6) is 0 Å². The zero-order valence-electron chi connectivity index (χ0n) is 12.3. The maximum atomic E-state index is 2.38. The molecule has 0 aromatic rings. The van der Waals surface area contributed by atoms with Gasteiger partial charge in [-0.25, -0.2) is 0 Å². The lowest BCUT2D eigenvalue weighted by atomic mass is 9.72. The molecule has 0 spiro atoms. The fraction of sp³-hybridized carbons (Fsp3) is 0.556. The van der Waals surface area contributed by atoms with E-state index in [0.29, 0.717) is 5.41 Å². The van der Waals surface area contributed by atoms with Crippen LogP contribution in [-0.4, -0.2) is 0 Å². The van der Waals surface area contributed by atoms with Crippen LogP contribution in [0.3, 0.4) is 0 Å². The average Bonchev–Trinajstić information content (AvgIpc) is 2.80. The number of rotatable bonds is 2. The van der Waals surface area contributed by atoms with Crippen LogP contribution in [-0.2, 0) is 0 Å². The molecular weight excluding hydrogens is 216 g/mol. The van der Waals surface area contributed by atoms with Gasteiger partial charge in [-0.1, -0.05) is 43.7 Å². The van der Waals surface area contributed by atoms with E-state index in [1.807, 2.05) is 0 Å². The Kier molecular flexibility index (Phi) is 3.94. The Morgan fingerprint density at radius 2 is 2.06 bits per heavy atom. The molecular formula is C18H26. The molecule has 18 heavy (non-hydrogen) atoms. The first-order valence-corrected chi connectivity index (χ1v) is 7.25. The molecule has 0 amide bonds. The molecule has 0 bridgehead atoms. The summed E-state index contributed by atoms with van der Waals surface area (Å²) in [5.74, 6) is 0. The van der Waals surface area contributed by atoms with Gasteiger partial charge < -0.3 is 0 Å². The molecule has 2 aliphatic carbocycles. The standard InChI is InChI=1S/C18H26/c1-14(16-9-5-6-10-16)11-12-17-15(2)8-7-13-18(17,3)4/h5,9,11-12H,6-8,10,13H2,1-4H3. The van der Waals surface area contributed by atoms with Gasteiger partial charge in [0, 0.05) is 0 Å². The Morgan fingerprint density at radius 1 is 1.28 bits per heavy atom. The molecule has 0 saturated carbocycles. The molecule has 0 fully saturated rings. The molecule has 0 unspecified atom stereocenters. The predicted octanol–water partition coefficient (Wildman–Crippen LogP) is 5.74. The maximum Gasteiger partial charge on any atom is -0.0104 e. The minimum absolute atomic E-state index is 0.356. The lowest BCUT2D eigenvalue weighted by Gasteiger charge is -2.33. The topological polar surface area (TPSA) is 0 Å². The van der Waals surface area contributed by atoms with E-state index in [4.69, 9.17) is 0 Å². The first-order valence-electron chi connectivity index (χ1n) is 7.25. The van der Waals surface area contributed by atoms with E-state index in [1.165, 1.54) is 43.3 Å². The quantitative estimate of drug-likeness (QED) is 0.579. The summed E-state index contributed by atoms with van der Waals surface area (Å²) in [5.41, 5.74) is 6.46. The van der Waals surface area contributed by atoms with Gasteiger partial charge in [0.15, 0.2) is 0 Å². The van der Waals surface area contributed by atoms with Gasteiger partial charge in [0.2, 0.25) is 0 Å². The summed E-state index contributed by atoms with van der Waals surface area (Å²) in [6.07, 6.45) is 15.6. The molecule has 0 heteroatoms. The van der Waals surface area contributed by atoms with Crippen LogP contribution in [0, 0.1) is 5.41 Å². The van der Waals surface area contributed by atoms with E-state index in [-0.39, 0.29) is 0 Å². The summed E-state index contributed by atoms with van der Waals surface area (Å²) in [7, 11) is 0. The van der Waals surface area contributed by atoms with Crippen molar-refractivity contribution in [2.45, 2.75) is 59.8 Å². The average molecular weight is 242 g/mol. The van der Waals surface area contributed by atoms with Crippen molar-refractivity contribution in [2.24, 2.45) is 5.41 Å². The molecule has 0 saturated heterocycles. The normalized spacial score (nSPS) is 26.2. The number of hydrogen-bond acceptors (Lipinski definition) is 0. The molecule has 0 N–H and O–H groups in total. The Labute approximate surface area is 112 Å². The van der Waals surface area contributed by atoms with E-state index in [9.17, 15) is 0 Å². The fourth-order valence-electron chi connectivity index (χ4n) is 3.20. The van der Waals surface area contributed by atoms with Crippen molar-refractivity contribution in [1.29, 1.82) is 0 Å². The summed E-state index contributed by atoms with van der Waals surface area (Å²) in [6.45, 7) is 9.31. The summed E-state index contributed by atoms with van der Waals surface area (Å²) in [5, 5.41) is 0. The maximum absolute atomic E-state index is 2.38. The minimum atomic E-state index is 0.356. The monoisotopic (exact) mass is 242 g/mol. The first kappa shape index (κ1) is 13.4. The highest BCUT2D eigenvalue weighted by Gasteiger charge is 2.26. The van der Waals surface area contributed by atoms with Gasteiger partial charge in [0.05, 0.1) is 0 Å². The molecule has 0 radical (unpaired) electrons. The van der Waals surface area contributed by atoms with Gasteiger partial charge >= 0.3 is 0 Å². The second kappa shape index (κ2) is 5.30. The molecule has 98 valence electrons. The van der Waals surface area contributed by atoms with Crippen molar-refractivity contribution < 1.29 is 0 Å². The highest BCUT2D eigenvalue weighted by molar-refractivity contribution is 5.40. The smallest absolute Gasteiger partial charge is 0.0104 e. The van der Waals surface area contributed by atoms with Crippen LogP contribution in [0.2, 0.25) is 0 Å². The van der Waals surface area contributed by atoms with Gasteiger partial charge in [-0.15, -0.1) is 0 Å². The van der Waals surface area contributed by atoms with Crippen LogP contribution in [0.15, 0.2) is 46.6 Å². The van der Waals surface area contributed by atoms with E-state index in [0.717, 1.165) is 0 Å². The van der Waals surface area contributed by atoms with Gasteiger partial charge in [0.25, 0.3) is 0 Å². The van der Waals surface area contributed by atoms with Gasteiger partial charge in [-0.3, -0.25) is 0 Å². The Balaban J connectivity index is 2.22. The molecule has 0 atom stereocenters. The minimum Gasteiger partial charge on any atom is -0.0839 e. The molecule has 2 rings (SSSR count). The third-order valence-electron chi connectivity index (χ3n) is 4.45. The van der Waals surface area contributed by atoms with Gasteiger partial charge in [0.1, 0.15) is 0 Å². The van der Waals surface area contributed by atoms with Gasteiger partial charge in [-0.05, 0) is 68.1 Å². The van der Waals surface area contributed by atoms with E-state index < -0.39 is 0 Å².